The lowest BCUT2D eigenvalue weighted by molar-refractivity contribution is 0.282. The molecule has 116 valence electrons. The Balaban J connectivity index is 2.20. The van der Waals surface area contributed by atoms with E-state index in [-0.39, 0.29) is 11.3 Å². The van der Waals surface area contributed by atoms with Crippen LogP contribution in [-0.2, 0) is 10.2 Å². The van der Waals surface area contributed by atoms with Crippen LogP contribution in [0, 0.1) is 17.1 Å². The van der Waals surface area contributed by atoms with Gasteiger partial charge in [0.1, 0.15) is 11.7 Å². The minimum Gasteiger partial charge on any atom is -0.384 e. The van der Waals surface area contributed by atoms with Gasteiger partial charge in [-0.1, -0.05) is 6.92 Å². The maximum atomic E-state index is 13.5. The number of rotatable bonds is 4. The van der Waals surface area contributed by atoms with Crippen molar-refractivity contribution in [2.24, 2.45) is 11.7 Å². The topological polar surface area (TPSA) is 99.3 Å². The first-order chi connectivity index (χ1) is 9.79. The van der Waals surface area contributed by atoms with Crippen LogP contribution in [0.3, 0.4) is 0 Å². The molecule has 1 atom stereocenters. The summed E-state index contributed by atoms with van der Waals surface area (Å²) in [5.74, 6) is -0.784. The number of nitrogens with two attached hydrogens (primary N) is 1. The number of anilines is 1. The van der Waals surface area contributed by atoms with Crippen molar-refractivity contribution in [1.82, 2.24) is 4.31 Å². The molecule has 8 heteroatoms. The molecule has 4 N–H and O–H groups in total. The number of amidine groups is 1. The van der Waals surface area contributed by atoms with Gasteiger partial charge in [0.25, 0.3) is 0 Å². The Morgan fingerprint density at radius 2 is 2.24 bits per heavy atom. The molecule has 1 aromatic rings. The Morgan fingerprint density at radius 3 is 2.86 bits per heavy atom. The Morgan fingerprint density at radius 1 is 1.52 bits per heavy atom. The van der Waals surface area contributed by atoms with Crippen LogP contribution in [0.25, 0.3) is 0 Å². The smallest absolute Gasteiger partial charge is 0.301 e. The van der Waals surface area contributed by atoms with Gasteiger partial charge in [-0.15, -0.1) is 0 Å². The van der Waals surface area contributed by atoms with Crippen LogP contribution in [0.1, 0.15) is 25.3 Å². The van der Waals surface area contributed by atoms with Gasteiger partial charge in [0.15, 0.2) is 0 Å². The highest BCUT2D eigenvalue weighted by atomic mass is 32.2. The number of hydrogen-bond acceptors (Lipinski definition) is 3. The maximum absolute atomic E-state index is 13.5. The first kappa shape index (κ1) is 15.7. The molecular formula is C13H19FN4O2S. The lowest BCUT2D eigenvalue weighted by Crippen LogP contribution is -2.42. The molecule has 6 nitrogen and oxygen atoms in total. The minimum absolute atomic E-state index is 0.123. The predicted octanol–water partition coefficient (Wildman–Crippen LogP) is 1.50. The number of halogens is 1. The standard InChI is InChI=1S/C13H19FN4O2S/c1-9-3-2-6-18(8-9)21(19,20)17-10-4-5-12(14)11(7-10)13(15)16/h4-5,7,9,17H,2-3,6,8H2,1H3,(H3,15,16). The molecular weight excluding hydrogens is 295 g/mol. The molecule has 1 aliphatic heterocycles. The van der Waals surface area contributed by atoms with E-state index in [1.54, 1.807) is 0 Å². The highest BCUT2D eigenvalue weighted by Crippen LogP contribution is 2.21. The number of piperidine rings is 1. The summed E-state index contributed by atoms with van der Waals surface area (Å²) in [6.45, 7) is 2.95. The third-order valence-corrected chi connectivity index (χ3v) is 4.97. The summed E-state index contributed by atoms with van der Waals surface area (Å²) in [4.78, 5) is 0. The lowest BCUT2D eigenvalue weighted by Gasteiger charge is -2.30. The molecule has 1 unspecified atom stereocenters. The molecule has 0 amide bonds. The SMILES string of the molecule is CC1CCCN(S(=O)(=O)Nc2ccc(F)c(C(=N)N)c2)C1. The average molecular weight is 314 g/mol. The molecule has 2 rings (SSSR count). The van der Waals surface area contributed by atoms with Gasteiger partial charge in [0, 0.05) is 13.1 Å². The molecule has 0 radical (unpaired) electrons. The van der Waals surface area contributed by atoms with E-state index >= 15 is 0 Å². The van der Waals surface area contributed by atoms with E-state index < -0.39 is 21.9 Å². The van der Waals surface area contributed by atoms with Crippen LogP contribution in [0.15, 0.2) is 18.2 Å². The summed E-state index contributed by atoms with van der Waals surface area (Å²) in [5, 5.41) is 7.28. The van der Waals surface area contributed by atoms with Crippen molar-refractivity contribution in [1.29, 1.82) is 5.41 Å². The Kier molecular flexibility index (Phi) is 4.48. The zero-order valence-electron chi connectivity index (χ0n) is 11.8. The number of nitrogens with one attached hydrogen (secondary N) is 2. The van der Waals surface area contributed by atoms with Crippen LogP contribution in [-0.4, -0.2) is 31.6 Å². The van der Waals surface area contributed by atoms with Crippen LogP contribution < -0.4 is 10.5 Å². The summed E-state index contributed by atoms with van der Waals surface area (Å²) >= 11 is 0. The van der Waals surface area contributed by atoms with Crippen molar-refractivity contribution in [3.8, 4) is 0 Å². The van der Waals surface area contributed by atoms with E-state index in [1.165, 1.54) is 16.4 Å². The third kappa shape index (κ3) is 3.70. The highest BCUT2D eigenvalue weighted by molar-refractivity contribution is 7.90. The number of nitrogens with zero attached hydrogens (tertiary/aromatic N) is 1. The van der Waals surface area contributed by atoms with E-state index in [9.17, 15) is 12.8 Å². The maximum Gasteiger partial charge on any atom is 0.301 e. The summed E-state index contributed by atoms with van der Waals surface area (Å²) in [6, 6.07) is 3.63. The molecule has 0 aromatic heterocycles. The average Bonchev–Trinajstić information content (AvgIpc) is 2.40. The van der Waals surface area contributed by atoms with Gasteiger partial charge < -0.3 is 5.73 Å². The summed E-state index contributed by atoms with van der Waals surface area (Å²) in [6.07, 6.45) is 1.83. The van der Waals surface area contributed by atoms with Gasteiger partial charge in [-0.2, -0.15) is 12.7 Å². The van der Waals surface area contributed by atoms with E-state index in [1.807, 2.05) is 6.92 Å². The molecule has 1 heterocycles. The second kappa shape index (κ2) is 5.98. The molecule has 0 bridgehead atoms. The van der Waals surface area contributed by atoms with E-state index in [2.05, 4.69) is 4.72 Å². The van der Waals surface area contributed by atoms with E-state index in [0.29, 0.717) is 19.0 Å². The van der Waals surface area contributed by atoms with Gasteiger partial charge in [0.2, 0.25) is 0 Å². The fraction of sp³-hybridized carbons (Fsp3) is 0.462. The van der Waals surface area contributed by atoms with Crippen molar-refractivity contribution in [3.05, 3.63) is 29.6 Å². The quantitative estimate of drug-likeness (QED) is 0.580. The Labute approximate surface area is 123 Å². The molecule has 0 spiro atoms. The lowest BCUT2D eigenvalue weighted by atomic mass is 10.0. The van der Waals surface area contributed by atoms with Crippen LogP contribution in [0.5, 0.6) is 0 Å². The fourth-order valence-electron chi connectivity index (χ4n) is 2.37. The fourth-order valence-corrected chi connectivity index (χ4v) is 3.75. The predicted molar refractivity (Wildman–Crippen MR) is 79.9 cm³/mol. The van der Waals surface area contributed by atoms with Crippen LogP contribution in [0.4, 0.5) is 10.1 Å². The number of hydrogen-bond donors (Lipinski definition) is 3. The zero-order valence-corrected chi connectivity index (χ0v) is 12.6. The van der Waals surface area contributed by atoms with Gasteiger partial charge in [0.05, 0.1) is 11.3 Å². The Hall–Kier alpha value is -1.67. The molecule has 1 aliphatic rings. The van der Waals surface area contributed by atoms with Gasteiger partial charge in [-0.3, -0.25) is 10.1 Å². The summed E-state index contributed by atoms with van der Waals surface area (Å²) < 4.78 is 41.9. The molecule has 1 saturated heterocycles. The van der Waals surface area contributed by atoms with Crippen molar-refractivity contribution in [2.75, 3.05) is 17.8 Å². The molecule has 0 saturated carbocycles. The highest BCUT2D eigenvalue weighted by Gasteiger charge is 2.27. The summed E-state index contributed by atoms with van der Waals surface area (Å²) in [7, 11) is -3.68. The summed E-state index contributed by atoms with van der Waals surface area (Å²) in [5.41, 5.74) is 5.34. The minimum atomic E-state index is -3.68. The number of nitrogen functional groups attached to an aromatic ring is 1. The van der Waals surface area contributed by atoms with Gasteiger partial charge in [-0.05, 0) is 37.0 Å². The van der Waals surface area contributed by atoms with Crippen LogP contribution in [0.2, 0.25) is 0 Å². The molecule has 21 heavy (non-hydrogen) atoms. The molecule has 1 aromatic carbocycles. The normalized spacial score (nSPS) is 20.2. The van der Waals surface area contributed by atoms with Gasteiger partial charge >= 0.3 is 10.2 Å². The van der Waals surface area contributed by atoms with Crippen LogP contribution >= 0.6 is 0 Å². The number of benzene rings is 1. The van der Waals surface area contributed by atoms with Crippen molar-refractivity contribution >= 4 is 21.7 Å². The van der Waals surface area contributed by atoms with Crippen molar-refractivity contribution in [2.45, 2.75) is 19.8 Å². The molecule has 1 fully saturated rings. The second-order valence-electron chi connectivity index (χ2n) is 5.32. The largest absolute Gasteiger partial charge is 0.384 e. The monoisotopic (exact) mass is 314 g/mol. The molecule has 0 aliphatic carbocycles. The van der Waals surface area contributed by atoms with Crippen molar-refractivity contribution < 1.29 is 12.8 Å². The third-order valence-electron chi connectivity index (χ3n) is 3.46. The van der Waals surface area contributed by atoms with Crippen molar-refractivity contribution in [3.63, 3.8) is 0 Å². The Bertz CT molecular complexity index is 648. The van der Waals surface area contributed by atoms with E-state index in [4.69, 9.17) is 11.1 Å². The van der Waals surface area contributed by atoms with Gasteiger partial charge in [-0.25, -0.2) is 4.39 Å². The van der Waals surface area contributed by atoms with E-state index in [0.717, 1.165) is 18.9 Å². The first-order valence-corrected chi connectivity index (χ1v) is 8.15. The second-order valence-corrected chi connectivity index (χ2v) is 6.99. The zero-order chi connectivity index (χ0) is 15.6. The first-order valence-electron chi connectivity index (χ1n) is 6.71.